The Morgan fingerprint density at radius 3 is 2.63 bits per heavy atom. The predicted octanol–water partition coefficient (Wildman–Crippen LogP) is 4.90. The molecule has 1 amide bonds. The average molecular weight is 425 g/mol. The largest absolute Gasteiger partial charge is 0.493 e. The average Bonchev–Trinajstić information content (AvgIpc) is 3.18. The Labute approximate surface area is 182 Å². The number of amides is 1. The molecule has 0 aliphatic heterocycles. The van der Waals surface area contributed by atoms with Gasteiger partial charge in [0, 0.05) is 11.9 Å². The van der Waals surface area contributed by atoms with Crippen molar-refractivity contribution >= 4 is 17.2 Å². The van der Waals surface area contributed by atoms with Crippen LogP contribution in [0, 0.1) is 0 Å². The van der Waals surface area contributed by atoms with E-state index in [4.69, 9.17) is 9.47 Å². The molecule has 6 heteroatoms. The Bertz CT molecular complexity index is 951. The van der Waals surface area contributed by atoms with E-state index < -0.39 is 0 Å². The molecular weight excluding hydrogens is 396 g/mol. The van der Waals surface area contributed by atoms with Gasteiger partial charge < -0.3 is 14.8 Å². The number of carbonyl (C=O) groups is 1. The zero-order chi connectivity index (χ0) is 21.3. The number of thiazole rings is 1. The second-order valence-electron chi connectivity index (χ2n) is 7.16. The smallest absolute Gasteiger partial charge is 0.226 e. The molecule has 1 aromatic heterocycles. The van der Waals surface area contributed by atoms with Crippen LogP contribution in [0.4, 0.5) is 0 Å². The molecule has 1 N–H and O–H groups in total. The van der Waals surface area contributed by atoms with Gasteiger partial charge in [0.25, 0.3) is 0 Å². The molecule has 0 saturated carbocycles. The van der Waals surface area contributed by atoms with Crippen LogP contribution in [0.25, 0.3) is 10.6 Å². The first-order valence-corrected chi connectivity index (χ1v) is 11.1. The van der Waals surface area contributed by atoms with E-state index in [2.05, 4.69) is 10.3 Å². The third-order valence-corrected chi connectivity index (χ3v) is 5.27. The number of carbonyl (C=O) groups excluding carboxylic acids is 1. The summed E-state index contributed by atoms with van der Waals surface area (Å²) in [5, 5.41) is 5.78. The molecule has 2 aromatic carbocycles. The molecule has 0 bridgehead atoms. The third-order valence-electron chi connectivity index (χ3n) is 4.34. The number of hydrogen-bond donors (Lipinski definition) is 1. The SMILES string of the molecule is CCOc1ccccc1-c1nc(CC(=O)NCCc2ccc(OC(C)C)cc2)cs1. The Morgan fingerprint density at radius 1 is 1.13 bits per heavy atom. The summed E-state index contributed by atoms with van der Waals surface area (Å²) in [6.45, 7) is 7.17. The van der Waals surface area contributed by atoms with Gasteiger partial charge in [0.1, 0.15) is 16.5 Å². The summed E-state index contributed by atoms with van der Waals surface area (Å²) >= 11 is 1.53. The summed E-state index contributed by atoms with van der Waals surface area (Å²) in [6, 6.07) is 15.8. The Kier molecular flexibility index (Phi) is 7.85. The van der Waals surface area contributed by atoms with E-state index in [1.807, 2.05) is 74.7 Å². The van der Waals surface area contributed by atoms with Crippen LogP contribution in [0.2, 0.25) is 0 Å². The van der Waals surface area contributed by atoms with Gasteiger partial charge in [0.2, 0.25) is 5.91 Å². The quantitative estimate of drug-likeness (QED) is 0.503. The third kappa shape index (κ3) is 6.32. The van der Waals surface area contributed by atoms with E-state index in [0.717, 1.165) is 39.7 Å². The number of nitrogens with zero attached hydrogens (tertiary/aromatic N) is 1. The van der Waals surface area contributed by atoms with Crippen LogP contribution < -0.4 is 14.8 Å². The molecule has 3 rings (SSSR count). The van der Waals surface area contributed by atoms with E-state index in [1.165, 1.54) is 11.3 Å². The molecule has 0 spiro atoms. The fourth-order valence-corrected chi connectivity index (χ4v) is 3.87. The fraction of sp³-hybridized carbons (Fsp3) is 0.333. The first-order chi connectivity index (χ1) is 14.5. The molecule has 0 radical (unpaired) electrons. The van der Waals surface area contributed by atoms with Crippen LogP contribution in [0.15, 0.2) is 53.9 Å². The first kappa shape index (κ1) is 21.8. The lowest BCUT2D eigenvalue weighted by atomic mass is 10.1. The van der Waals surface area contributed by atoms with Crippen LogP contribution in [0.1, 0.15) is 32.0 Å². The second-order valence-corrected chi connectivity index (χ2v) is 8.02. The number of nitrogens with one attached hydrogen (secondary N) is 1. The normalized spacial score (nSPS) is 10.8. The molecule has 0 saturated heterocycles. The highest BCUT2D eigenvalue weighted by Crippen LogP contribution is 2.32. The van der Waals surface area contributed by atoms with E-state index in [0.29, 0.717) is 13.2 Å². The Hall–Kier alpha value is -2.86. The van der Waals surface area contributed by atoms with Gasteiger partial charge in [-0.25, -0.2) is 4.98 Å². The van der Waals surface area contributed by atoms with Crippen molar-refractivity contribution in [3.05, 3.63) is 65.2 Å². The minimum atomic E-state index is -0.0234. The Morgan fingerprint density at radius 2 is 1.90 bits per heavy atom. The highest BCUT2D eigenvalue weighted by molar-refractivity contribution is 7.13. The van der Waals surface area contributed by atoms with Crippen molar-refractivity contribution in [3.63, 3.8) is 0 Å². The maximum absolute atomic E-state index is 12.3. The Balaban J connectivity index is 1.49. The zero-order valence-corrected chi connectivity index (χ0v) is 18.5. The molecular formula is C24H28N2O3S. The van der Waals surface area contributed by atoms with Crippen LogP contribution in [-0.2, 0) is 17.6 Å². The van der Waals surface area contributed by atoms with Gasteiger partial charge in [-0.05, 0) is 57.0 Å². The maximum atomic E-state index is 12.3. The maximum Gasteiger partial charge on any atom is 0.226 e. The number of hydrogen-bond acceptors (Lipinski definition) is 5. The second kappa shape index (κ2) is 10.8. The van der Waals surface area contributed by atoms with Crippen molar-refractivity contribution in [2.75, 3.05) is 13.2 Å². The summed E-state index contributed by atoms with van der Waals surface area (Å²) in [5.74, 6) is 1.66. The van der Waals surface area contributed by atoms with Crippen LogP contribution in [0.5, 0.6) is 11.5 Å². The van der Waals surface area contributed by atoms with Gasteiger partial charge in [-0.15, -0.1) is 11.3 Å². The standard InChI is InChI=1S/C24H28N2O3S/c1-4-28-22-8-6-5-7-21(22)24-26-19(16-30-24)15-23(27)25-14-13-18-9-11-20(12-10-18)29-17(2)3/h5-12,16-17H,4,13-15H2,1-3H3,(H,25,27). The topological polar surface area (TPSA) is 60.5 Å². The van der Waals surface area contributed by atoms with Gasteiger partial charge in [0.05, 0.1) is 30.4 Å². The van der Waals surface area contributed by atoms with Crippen LogP contribution in [-0.4, -0.2) is 30.1 Å². The van der Waals surface area contributed by atoms with Crippen molar-refractivity contribution in [2.24, 2.45) is 0 Å². The van der Waals surface area contributed by atoms with Gasteiger partial charge in [0.15, 0.2) is 0 Å². The van der Waals surface area contributed by atoms with E-state index in [9.17, 15) is 4.79 Å². The van der Waals surface area contributed by atoms with Gasteiger partial charge in [-0.3, -0.25) is 4.79 Å². The number of rotatable bonds is 10. The molecule has 5 nitrogen and oxygen atoms in total. The first-order valence-electron chi connectivity index (χ1n) is 10.2. The lowest BCUT2D eigenvalue weighted by molar-refractivity contribution is -0.120. The van der Waals surface area contributed by atoms with Crippen molar-refractivity contribution in [1.82, 2.24) is 10.3 Å². The number of ether oxygens (including phenoxy) is 2. The van der Waals surface area contributed by atoms with Crippen molar-refractivity contribution < 1.29 is 14.3 Å². The van der Waals surface area contributed by atoms with Crippen LogP contribution in [0.3, 0.4) is 0 Å². The lowest BCUT2D eigenvalue weighted by Gasteiger charge is -2.10. The predicted molar refractivity (Wildman–Crippen MR) is 121 cm³/mol. The summed E-state index contributed by atoms with van der Waals surface area (Å²) in [7, 11) is 0. The van der Waals surface area contributed by atoms with Crippen molar-refractivity contribution in [1.29, 1.82) is 0 Å². The minimum Gasteiger partial charge on any atom is -0.493 e. The highest BCUT2D eigenvalue weighted by atomic mass is 32.1. The van der Waals surface area contributed by atoms with Gasteiger partial charge in [-0.2, -0.15) is 0 Å². The summed E-state index contributed by atoms with van der Waals surface area (Å²) in [5.41, 5.74) is 2.89. The number of para-hydroxylation sites is 1. The molecule has 158 valence electrons. The highest BCUT2D eigenvalue weighted by Gasteiger charge is 2.12. The zero-order valence-electron chi connectivity index (χ0n) is 17.7. The summed E-state index contributed by atoms with van der Waals surface area (Å²) in [6.07, 6.45) is 1.21. The summed E-state index contributed by atoms with van der Waals surface area (Å²) < 4.78 is 11.3. The number of aromatic nitrogens is 1. The molecule has 0 aliphatic carbocycles. The number of benzene rings is 2. The minimum absolute atomic E-state index is 0.0234. The molecule has 0 fully saturated rings. The lowest BCUT2D eigenvalue weighted by Crippen LogP contribution is -2.27. The van der Waals surface area contributed by atoms with Crippen molar-refractivity contribution in [2.45, 2.75) is 39.7 Å². The van der Waals surface area contributed by atoms with Crippen LogP contribution >= 0.6 is 11.3 Å². The van der Waals surface area contributed by atoms with Gasteiger partial charge >= 0.3 is 0 Å². The molecule has 0 unspecified atom stereocenters. The van der Waals surface area contributed by atoms with Crippen molar-refractivity contribution in [3.8, 4) is 22.1 Å². The van der Waals surface area contributed by atoms with E-state index in [-0.39, 0.29) is 18.4 Å². The van der Waals surface area contributed by atoms with E-state index in [1.54, 1.807) is 0 Å². The fourth-order valence-electron chi connectivity index (χ4n) is 3.02. The summed E-state index contributed by atoms with van der Waals surface area (Å²) in [4.78, 5) is 16.9. The molecule has 30 heavy (non-hydrogen) atoms. The molecule has 1 heterocycles. The monoisotopic (exact) mass is 424 g/mol. The van der Waals surface area contributed by atoms with E-state index >= 15 is 0 Å². The molecule has 3 aromatic rings. The molecule has 0 aliphatic rings. The molecule has 0 atom stereocenters. The van der Waals surface area contributed by atoms with Gasteiger partial charge in [-0.1, -0.05) is 24.3 Å².